The summed E-state index contributed by atoms with van der Waals surface area (Å²) in [6, 6.07) is 6.81. The van der Waals surface area contributed by atoms with E-state index in [9.17, 15) is 4.39 Å². The van der Waals surface area contributed by atoms with Gasteiger partial charge in [0, 0.05) is 44.6 Å². The van der Waals surface area contributed by atoms with Crippen molar-refractivity contribution in [3.05, 3.63) is 42.5 Å². The fraction of sp³-hybridized carbons (Fsp3) is 0.316. The van der Waals surface area contributed by atoms with Gasteiger partial charge in [-0.2, -0.15) is 0 Å². The van der Waals surface area contributed by atoms with Gasteiger partial charge < -0.3 is 20.7 Å². The molecule has 3 heterocycles. The van der Waals surface area contributed by atoms with Crippen LogP contribution in [0.15, 0.2) is 36.7 Å². The second-order valence-corrected chi connectivity index (χ2v) is 6.30. The molecule has 1 atom stereocenters. The Morgan fingerprint density at radius 3 is 2.93 bits per heavy atom. The molecule has 0 aliphatic carbocycles. The number of fused-ring (bicyclic) bond motifs is 1. The largest absolute Gasteiger partial charge is 0.386 e. The number of nitrogens with one attached hydrogen (secondary N) is 3. The predicted molar refractivity (Wildman–Crippen MR) is 103 cm³/mol. The lowest BCUT2D eigenvalue weighted by molar-refractivity contribution is 0.0372. The highest BCUT2D eigenvalue weighted by molar-refractivity contribution is 5.88. The molecule has 3 N–H and O–H groups in total. The highest BCUT2D eigenvalue weighted by Gasteiger charge is 2.16. The fourth-order valence-electron chi connectivity index (χ4n) is 3.08. The van der Waals surface area contributed by atoms with Crippen LogP contribution >= 0.6 is 0 Å². The van der Waals surface area contributed by atoms with Crippen molar-refractivity contribution < 1.29 is 9.13 Å². The molecule has 7 nitrogen and oxygen atoms in total. The minimum atomic E-state index is -0.327. The van der Waals surface area contributed by atoms with E-state index in [-0.39, 0.29) is 11.9 Å². The first-order chi connectivity index (χ1) is 13.2. The molecule has 1 aliphatic rings. The molecule has 1 aromatic carbocycles. The van der Waals surface area contributed by atoms with E-state index in [1.807, 2.05) is 12.1 Å². The minimum Gasteiger partial charge on any atom is -0.386 e. The molecular weight excluding hydrogens is 347 g/mol. The molecular formula is C19H21FN6O. The van der Waals surface area contributed by atoms with Crippen LogP contribution < -0.4 is 16.0 Å². The van der Waals surface area contributed by atoms with Crippen molar-refractivity contribution >= 4 is 22.5 Å². The van der Waals surface area contributed by atoms with Crippen molar-refractivity contribution in [2.75, 3.05) is 43.9 Å². The van der Waals surface area contributed by atoms with Crippen LogP contribution in [0, 0.1) is 5.82 Å². The number of nitrogens with zero attached hydrogens (tertiary/aromatic N) is 3. The van der Waals surface area contributed by atoms with E-state index in [4.69, 9.17) is 4.74 Å². The Labute approximate surface area is 156 Å². The molecule has 0 unspecified atom stereocenters. The molecule has 0 amide bonds. The Balaban J connectivity index is 1.68. The van der Waals surface area contributed by atoms with Gasteiger partial charge in [0.1, 0.15) is 11.3 Å². The quantitative estimate of drug-likeness (QED) is 0.637. The monoisotopic (exact) mass is 368 g/mol. The molecule has 27 heavy (non-hydrogen) atoms. The number of anilines is 2. The van der Waals surface area contributed by atoms with Gasteiger partial charge in [-0.05, 0) is 18.2 Å². The van der Waals surface area contributed by atoms with E-state index < -0.39 is 0 Å². The first kappa shape index (κ1) is 17.6. The number of hydrogen-bond acceptors (Lipinski definition) is 7. The van der Waals surface area contributed by atoms with Gasteiger partial charge in [-0.25, -0.2) is 14.4 Å². The Morgan fingerprint density at radius 1 is 1.26 bits per heavy atom. The summed E-state index contributed by atoms with van der Waals surface area (Å²) in [5.41, 5.74) is 3.13. The van der Waals surface area contributed by atoms with E-state index in [0.29, 0.717) is 46.9 Å². The summed E-state index contributed by atoms with van der Waals surface area (Å²) in [6.45, 7) is 2.94. The third-order valence-corrected chi connectivity index (χ3v) is 4.49. The minimum absolute atomic E-state index is 0.0586. The van der Waals surface area contributed by atoms with E-state index in [2.05, 4.69) is 30.9 Å². The molecule has 1 aliphatic heterocycles. The number of ether oxygens (including phenoxy) is 1. The van der Waals surface area contributed by atoms with Crippen LogP contribution in [-0.4, -0.2) is 54.3 Å². The average Bonchev–Trinajstić information content (AvgIpc) is 2.72. The summed E-state index contributed by atoms with van der Waals surface area (Å²) in [4.78, 5) is 13.5. The van der Waals surface area contributed by atoms with Crippen LogP contribution in [0.25, 0.3) is 22.3 Å². The molecule has 2 aromatic heterocycles. The van der Waals surface area contributed by atoms with Crippen molar-refractivity contribution in [2.24, 2.45) is 0 Å². The smallest absolute Gasteiger partial charge is 0.154 e. The average molecular weight is 368 g/mol. The summed E-state index contributed by atoms with van der Waals surface area (Å²) < 4.78 is 19.9. The standard InChI is InChI=1S/C19H21FN6O/c1-21-15-3-2-12(8-14(15)20)16-9-17-18(24-5-4-23-17)19(26-16)25-11-13-10-22-6-7-27-13/h2-5,8-9,13,21-22H,6-7,10-11H2,1H3,(H,25,26)/t13-/m0/s1. The van der Waals surface area contributed by atoms with E-state index in [0.717, 1.165) is 13.1 Å². The lowest BCUT2D eigenvalue weighted by Crippen LogP contribution is -2.42. The third kappa shape index (κ3) is 3.81. The maximum Gasteiger partial charge on any atom is 0.154 e. The molecule has 1 fully saturated rings. The highest BCUT2D eigenvalue weighted by atomic mass is 19.1. The lowest BCUT2D eigenvalue weighted by atomic mass is 10.1. The number of pyridine rings is 1. The van der Waals surface area contributed by atoms with Gasteiger partial charge in [0.15, 0.2) is 5.82 Å². The number of aromatic nitrogens is 3. The fourth-order valence-corrected chi connectivity index (χ4v) is 3.08. The van der Waals surface area contributed by atoms with Crippen molar-refractivity contribution in [3.63, 3.8) is 0 Å². The molecule has 4 rings (SSSR count). The second-order valence-electron chi connectivity index (χ2n) is 6.30. The van der Waals surface area contributed by atoms with Crippen LogP contribution in [-0.2, 0) is 4.74 Å². The predicted octanol–water partition coefficient (Wildman–Crippen LogP) is 2.27. The van der Waals surface area contributed by atoms with E-state index in [1.165, 1.54) is 6.07 Å². The molecule has 8 heteroatoms. The highest BCUT2D eigenvalue weighted by Crippen LogP contribution is 2.27. The van der Waals surface area contributed by atoms with Gasteiger partial charge in [-0.1, -0.05) is 6.07 Å². The van der Waals surface area contributed by atoms with Gasteiger partial charge in [0.2, 0.25) is 0 Å². The van der Waals surface area contributed by atoms with E-state index in [1.54, 1.807) is 25.5 Å². The zero-order chi connectivity index (χ0) is 18.6. The maximum atomic E-state index is 14.2. The number of benzene rings is 1. The topological polar surface area (TPSA) is 84.0 Å². The zero-order valence-electron chi connectivity index (χ0n) is 15.0. The number of hydrogen-bond donors (Lipinski definition) is 3. The van der Waals surface area contributed by atoms with Gasteiger partial charge in [0.05, 0.1) is 29.6 Å². The second kappa shape index (κ2) is 7.81. The van der Waals surface area contributed by atoms with Gasteiger partial charge >= 0.3 is 0 Å². The number of halogens is 1. The van der Waals surface area contributed by atoms with Gasteiger partial charge in [-0.3, -0.25) is 4.98 Å². The number of rotatable bonds is 5. The molecule has 1 saturated heterocycles. The van der Waals surface area contributed by atoms with Crippen LogP contribution in [0.3, 0.4) is 0 Å². The molecule has 140 valence electrons. The number of morpholine rings is 1. The first-order valence-corrected chi connectivity index (χ1v) is 8.90. The lowest BCUT2D eigenvalue weighted by Gasteiger charge is -2.24. The normalized spacial score (nSPS) is 17.0. The van der Waals surface area contributed by atoms with Crippen LogP contribution in [0.5, 0.6) is 0 Å². The molecule has 0 bridgehead atoms. The van der Waals surface area contributed by atoms with Gasteiger partial charge in [0.25, 0.3) is 0 Å². The SMILES string of the molecule is CNc1ccc(-c2cc3nccnc3c(NC[C@@H]3CNCCO3)n2)cc1F. The van der Waals surface area contributed by atoms with Crippen LogP contribution in [0.4, 0.5) is 15.9 Å². The molecule has 0 spiro atoms. The molecule has 0 saturated carbocycles. The van der Waals surface area contributed by atoms with E-state index >= 15 is 0 Å². The summed E-state index contributed by atoms with van der Waals surface area (Å²) in [5, 5.41) is 9.44. The summed E-state index contributed by atoms with van der Waals surface area (Å²) in [5.74, 6) is 0.287. The summed E-state index contributed by atoms with van der Waals surface area (Å²) in [6.07, 6.45) is 3.33. The zero-order valence-corrected chi connectivity index (χ0v) is 15.0. The Hall–Kier alpha value is -2.84. The van der Waals surface area contributed by atoms with Crippen LogP contribution in [0.2, 0.25) is 0 Å². The first-order valence-electron chi connectivity index (χ1n) is 8.90. The molecule has 3 aromatic rings. The Bertz CT molecular complexity index is 945. The summed E-state index contributed by atoms with van der Waals surface area (Å²) in [7, 11) is 1.69. The van der Waals surface area contributed by atoms with Crippen molar-refractivity contribution in [3.8, 4) is 11.3 Å². The van der Waals surface area contributed by atoms with Gasteiger partial charge in [-0.15, -0.1) is 0 Å². The van der Waals surface area contributed by atoms with Crippen LogP contribution in [0.1, 0.15) is 0 Å². The van der Waals surface area contributed by atoms with Crippen molar-refractivity contribution in [1.82, 2.24) is 20.3 Å². The summed E-state index contributed by atoms with van der Waals surface area (Å²) >= 11 is 0. The van der Waals surface area contributed by atoms with Crippen molar-refractivity contribution in [1.29, 1.82) is 0 Å². The van der Waals surface area contributed by atoms with Crippen molar-refractivity contribution in [2.45, 2.75) is 6.10 Å². The maximum absolute atomic E-state index is 14.2. The molecule has 0 radical (unpaired) electrons. The third-order valence-electron chi connectivity index (χ3n) is 4.49. The Morgan fingerprint density at radius 2 is 2.15 bits per heavy atom. The Kier molecular flexibility index (Phi) is 5.08.